The van der Waals surface area contributed by atoms with Crippen molar-refractivity contribution >= 4 is 23.2 Å². The summed E-state index contributed by atoms with van der Waals surface area (Å²) in [7, 11) is 0. The number of ether oxygens (including phenoxy) is 3. The lowest BCUT2D eigenvalue weighted by atomic mass is 9.81. The Kier molecular flexibility index (Phi) is 6.12. The Balaban J connectivity index is 1.55. The second-order valence-electron chi connectivity index (χ2n) is 8.15. The zero-order valence-electron chi connectivity index (χ0n) is 19.0. The maximum absolute atomic E-state index is 13.6. The molecule has 0 saturated carbocycles. The Morgan fingerprint density at radius 1 is 1.05 bits per heavy atom. The van der Waals surface area contributed by atoms with Crippen molar-refractivity contribution in [3.63, 3.8) is 0 Å². The molecule has 4 aromatic rings. The lowest BCUT2D eigenvalue weighted by Gasteiger charge is -2.39. The molecule has 0 fully saturated rings. The number of nitrogens with one attached hydrogen (secondary N) is 1. The molecule has 1 atom stereocenters. The van der Waals surface area contributed by atoms with Crippen LogP contribution in [0.4, 0.5) is 13.2 Å². The number of benzene rings is 2. The zero-order valence-corrected chi connectivity index (χ0v) is 19.0. The number of alkyl halides is 3. The topological polar surface area (TPSA) is 99.6 Å². The van der Waals surface area contributed by atoms with Gasteiger partial charge >= 0.3 is 6.36 Å². The molecule has 1 amide bonds. The van der Waals surface area contributed by atoms with Gasteiger partial charge in [0.1, 0.15) is 22.7 Å². The van der Waals surface area contributed by atoms with Crippen LogP contribution in [0.1, 0.15) is 28.0 Å². The summed E-state index contributed by atoms with van der Waals surface area (Å²) in [5.74, 6) is -0.280. The van der Waals surface area contributed by atoms with E-state index in [1.807, 2.05) is 0 Å². The summed E-state index contributed by atoms with van der Waals surface area (Å²) in [6.07, 6.45) is -1.56. The molecule has 8 nitrogen and oxygen atoms in total. The van der Waals surface area contributed by atoms with Crippen molar-refractivity contribution in [2.75, 3.05) is 6.61 Å². The summed E-state index contributed by atoms with van der Waals surface area (Å²) >= 11 is 0. The van der Waals surface area contributed by atoms with Crippen LogP contribution in [-0.2, 0) is 10.3 Å². The molecule has 37 heavy (non-hydrogen) atoms. The summed E-state index contributed by atoms with van der Waals surface area (Å²) in [6.45, 7) is 0.502. The average Bonchev–Trinajstić information content (AvgIpc) is 2.88. The molecule has 0 bridgehead atoms. The Morgan fingerprint density at radius 2 is 1.86 bits per heavy atom. The van der Waals surface area contributed by atoms with E-state index in [0.29, 0.717) is 33.3 Å². The largest absolute Gasteiger partial charge is 0.573 e. The number of carbonyl (C=O) groups excluding carboxylic acids is 2. The van der Waals surface area contributed by atoms with Crippen molar-refractivity contribution < 1.29 is 37.0 Å². The summed E-state index contributed by atoms with van der Waals surface area (Å²) < 4.78 is 52.7. The molecule has 0 aliphatic carbocycles. The summed E-state index contributed by atoms with van der Waals surface area (Å²) in [5.41, 5.74) is 0.0361. The van der Waals surface area contributed by atoms with E-state index in [1.54, 1.807) is 42.6 Å². The molecular weight excluding hydrogens is 491 g/mol. The number of amides is 1. The van der Waals surface area contributed by atoms with Crippen molar-refractivity contribution in [3.05, 3.63) is 89.9 Å². The molecule has 1 unspecified atom stereocenters. The first-order chi connectivity index (χ1) is 17.8. The molecule has 188 valence electrons. The highest BCUT2D eigenvalue weighted by Crippen LogP contribution is 2.41. The minimum atomic E-state index is -4.83. The van der Waals surface area contributed by atoms with Crippen LogP contribution in [-0.4, -0.2) is 35.3 Å². The van der Waals surface area contributed by atoms with Gasteiger partial charge in [0.2, 0.25) is 5.88 Å². The molecule has 5 rings (SSSR count). The van der Waals surface area contributed by atoms with Crippen LogP contribution in [0.3, 0.4) is 0 Å². The fraction of sp³-hybridized carbons (Fsp3) is 0.154. The van der Waals surface area contributed by atoms with Gasteiger partial charge in [0.25, 0.3) is 12.4 Å². The average molecular weight is 509 g/mol. The summed E-state index contributed by atoms with van der Waals surface area (Å²) in [6, 6.07) is 15.2. The van der Waals surface area contributed by atoms with Crippen LogP contribution in [0, 0.1) is 0 Å². The van der Waals surface area contributed by atoms with E-state index in [1.165, 1.54) is 30.5 Å². The van der Waals surface area contributed by atoms with Crippen LogP contribution in [0.25, 0.3) is 10.8 Å². The first kappa shape index (κ1) is 24.0. The number of halogens is 3. The van der Waals surface area contributed by atoms with Crippen LogP contribution in [0.15, 0.2) is 73.1 Å². The highest BCUT2D eigenvalue weighted by molar-refractivity contribution is 6.00. The summed E-state index contributed by atoms with van der Waals surface area (Å²) in [5, 5.41) is 4.20. The number of aromatic nitrogens is 2. The monoisotopic (exact) mass is 509 g/mol. The third-order valence-electron chi connectivity index (χ3n) is 5.97. The molecule has 2 aromatic carbocycles. The number of hydrogen-bond acceptors (Lipinski definition) is 7. The van der Waals surface area contributed by atoms with Crippen molar-refractivity contribution in [2.24, 2.45) is 0 Å². The fourth-order valence-electron chi connectivity index (χ4n) is 4.37. The predicted molar refractivity (Wildman–Crippen MR) is 124 cm³/mol. The van der Waals surface area contributed by atoms with Crippen molar-refractivity contribution in [1.82, 2.24) is 15.3 Å². The van der Waals surface area contributed by atoms with Gasteiger partial charge in [-0.1, -0.05) is 12.1 Å². The van der Waals surface area contributed by atoms with Crippen molar-refractivity contribution in [2.45, 2.75) is 18.3 Å². The molecule has 11 heteroatoms. The molecule has 0 spiro atoms. The number of carbonyl (C=O) groups is 2. The van der Waals surface area contributed by atoms with E-state index in [0.717, 1.165) is 0 Å². The van der Waals surface area contributed by atoms with E-state index < -0.39 is 17.8 Å². The Morgan fingerprint density at radius 3 is 2.62 bits per heavy atom. The lowest BCUT2D eigenvalue weighted by Crippen LogP contribution is -2.50. The van der Waals surface area contributed by atoms with E-state index >= 15 is 0 Å². The van der Waals surface area contributed by atoms with Gasteiger partial charge in [0.15, 0.2) is 0 Å². The quantitative estimate of drug-likeness (QED) is 0.382. The SMILES string of the molecule is O=COc1nccc2cc(C(=O)NC3(c4ccc(OC(F)(F)F)cc4)CCOc4cccnc43)ccc12. The van der Waals surface area contributed by atoms with E-state index in [2.05, 4.69) is 20.0 Å². The molecule has 3 heterocycles. The molecular formula is C26H18F3N3O5. The fourth-order valence-corrected chi connectivity index (χ4v) is 4.37. The molecule has 0 radical (unpaired) electrons. The number of nitrogens with zero attached hydrogens (tertiary/aromatic N) is 2. The predicted octanol–water partition coefficient (Wildman–Crippen LogP) is 4.52. The molecule has 0 saturated heterocycles. The smallest absolute Gasteiger partial charge is 0.491 e. The first-order valence-electron chi connectivity index (χ1n) is 11.1. The second kappa shape index (κ2) is 9.41. The summed E-state index contributed by atoms with van der Waals surface area (Å²) in [4.78, 5) is 32.8. The van der Waals surface area contributed by atoms with Gasteiger partial charge in [-0.25, -0.2) is 4.98 Å². The Hall–Kier alpha value is -4.67. The van der Waals surface area contributed by atoms with Crippen molar-refractivity contribution in [1.29, 1.82) is 0 Å². The van der Waals surface area contributed by atoms with Gasteiger partial charge in [-0.3, -0.25) is 14.6 Å². The first-order valence-corrected chi connectivity index (χ1v) is 11.1. The van der Waals surface area contributed by atoms with Gasteiger partial charge in [0, 0.05) is 29.8 Å². The number of fused-ring (bicyclic) bond motifs is 2. The molecule has 2 aromatic heterocycles. The lowest BCUT2D eigenvalue weighted by molar-refractivity contribution is -0.274. The Labute approximate surface area is 208 Å². The van der Waals surface area contributed by atoms with Crippen LogP contribution < -0.4 is 19.5 Å². The van der Waals surface area contributed by atoms with Crippen LogP contribution in [0.5, 0.6) is 17.4 Å². The van der Waals surface area contributed by atoms with Crippen molar-refractivity contribution in [3.8, 4) is 17.4 Å². The molecule has 1 aliphatic rings. The standard InChI is InChI=1S/C26H18F3N3O5/c27-26(28,29)37-19-6-4-18(5-7-19)25(10-13-35-21-2-1-11-30-22(21)25)32-23(34)17-3-8-20-16(14-17)9-12-31-24(20)36-15-33/h1-9,11-12,14-15H,10,13H2,(H,32,34). The second-order valence-corrected chi connectivity index (χ2v) is 8.15. The maximum Gasteiger partial charge on any atom is 0.573 e. The van der Waals surface area contributed by atoms with Crippen LogP contribution >= 0.6 is 0 Å². The van der Waals surface area contributed by atoms with E-state index in [-0.39, 0.29) is 31.1 Å². The van der Waals surface area contributed by atoms with E-state index in [4.69, 9.17) is 9.47 Å². The normalized spacial score (nSPS) is 16.8. The molecule has 1 aliphatic heterocycles. The zero-order chi connectivity index (χ0) is 26.0. The minimum Gasteiger partial charge on any atom is -0.491 e. The van der Waals surface area contributed by atoms with Gasteiger partial charge in [-0.15, -0.1) is 13.2 Å². The van der Waals surface area contributed by atoms with Gasteiger partial charge in [0.05, 0.1) is 6.61 Å². The third kappa shape index (κ3) is 4.75. The minimum absolute atomic E-state index is 0.111. The number of rotatable bonds is 6. The molecule has 1 N–H and O–H groups in total. The van der Waals surface area contributed by atoms with Crippen LogP contribution in [0.2, 0.25) is 0 Å². The maximum atomic E-state index is 13.6. The van der Waals surface area contributed by atoms with Gasteiger partial charge in [-0.2, -0.15) is 0 Å². The number of pyridine rings is 2. The highest BCUT2D eigenvalue weighted by Gasteiger charge is 2.43. The number of hydrogen-bond donors (Lipinski definition) is 1. The highest BCUT2D eigenvalue weighted by atomic mass is 19.4. The Bertz CT molecular complexity index is 1480. The van der Waals surface area contributed by atoms with E-state index in [9.17, 15) is 22.8 Å². The third-order valence-corrected chi connectivity index (χ3v) is 5.97. The van der Waals surface area contributed by atoms with Gasteiger partial charge < -0.3 is 19.5 Å². The van der Waals surface area contributed by atoms with Gasteiger partial charge in [-0.05, 0) is 59.5 Å².